The molecule has 2 aromatic rings. The van der Waals surface area contributed by atoms with Crippen molar-refractivity contribution < 1.29 is 9.53 Å². The van der Waals surface area contributed by atoms with Crippen molar-refractivity contribution in [2.24, 2.45) is 0 Å². The largest absolute Gasteiger partial charge is 0.444 e. The third-order valence-corrected chi connectivity index (χ3v) is 4.40. The van der Waals surface area contributed by atoms with Crippen LogP contribution in [0.2, 0.25) is 0 Å². The normalized spacial score (nSPS) is 16.1. The molecule has 3 heterocycles. The van der Waals surface area contributed by atoms with E-state index in [-0.39, 0.29) is 12.1 Å². The number of nitrogens with zero attached hydrogens (tertiary/aromatic N) is 5. The molecule has 0 spiro atoms. The number of hydrogen-bond acceptors (Lipinski definition) is 6. The van der Waals surface area contributed by atoms with Gasteiger partial charge < -0.3 is 19.5 Å². The van der Waals surface area contributed by atoms with E-state index in [1.807, 2.05) is 32.3 Å². The number of likely N-dealkylation sites (tertiary alicyclic amines) is 1. The van der Waals surface area contributed by atoms with E-state index in [2.05, 4.69) is 27.2 Å². The SMILES string of the molecule is CCn1cnc2c(NC3CCN(C(=O)OC(C)(C)C)CC3)nc(C)nc21. The molecule has 1 N–H and O–H groups in total. The molecule has 1 saturated heterocycles. The summed E-state index contributed by atoms with van der Waals surface area (Å²) >= 11 is 0. The second kappa shape index (κ2) is 7.09. The lowest BCUT2D eigenvalue weighted by Crippen LogP contribution is -2.44. The lowest BCUT2D eigenvalue weighted by atomic mass is 10.1. The second-order valence-corrected chi connectivity index (χ2v) is 7.71. The number of ether oxygens (including phenoxy) is 1. The third kappa shape index (κ3) is 4.05. The van der Waals surface area contributed by atoms with Crippen LogP contribution in [0.4, 0.5) is 10.6 Å². The molecule has 0 atom stereocenters. The fourth-order valence-electron chi connectivity index (χ4n) is 3.11. The summed E-state index contributed by atoms with van der Waals surface area (Å²) in [6.07, 6.45) is 3.25. The third-order valence-electron chi connectivity index (χ3n) is 4.40. The molecule has 1 aliphatic rings. The van der Waals surface area contributed by atoms with Gasteiger partial charge in [-0.3, -0.25) is 0 Å². The van der Waals surface area contributed by atoms with Crippen molar-refractivity contribution in [1.29, 1.82) is 0 Å². The molecule has 1 amide bonds. The Hall–Kier alpha value is -2.38. The van der Waals surface area contributed by atoms with Gasteiger partial charge in [-0.2, -0.15) is 0 Å². The second-order valence-electron chi connectivity index (χ2n) is 7.71. The highest BCUT2D eigenvalue weighted by Gasteiger charge is 2.27. The lowest BCUT2D eigenvalue weighted by molar-refractivity contribution is 0.0210. The Balaban J connectivity index is 1.66. The smallest absolute Gasteiger partial charge is 0.410 e. The molecule has 0 saturated carbocycles. The molecule has 3 rings (SSSR count). The lowest BCUT2D eigenvalue weighted by Gasteiger charge is -2.33. The number of anilines is 1. The van der Waals surface area contributed by atoms with Gasteiger partial charge in [0.15, 0.2) is 11.5 Å². The topological polar surface area (TPSA) is 85.2 Å². The van der Waals surface area contributed by atoms with Crippen LogP contribution in [0.1, 0.15) is 46.4 Å². The Bertz CT molecular complexity index is 787. The molecule has 0 unspecified atom stereocenters. The van der Waals surface area contributed by atoms with E-state index in [4.69, 9.17) is 4.74 Å². The summed E-state index contributed by atoms with van der Waals surface area (Å²) in [6.45, 7) is 11.8. The highest BCUT2D eigenvalue weighted by Crippen LogP contribution is 2.23. The number of amides is 1. The van der Waals surface area contributed by atoms with Gasteiger partial charge in [-0.05, 0) is 47.5 Å². The molecular formula is C18H28N6O2. The van der Waals surface area contributed by atoms with E-state index < -0.39 is 5.60 Å². The summed E-state index contributed by atoms with van der Waals surface area (Å²) in [4.78, 5) is 27.5. The molecule has 8 heteroatoms. The number of carbonyl (C=O) groups is 1. The van der Waals surface area contributed by atoms with Crippen molar-refractivity contribution in [3.05, 3.63) is 12.2 Å². The molecule has 142 valence electrons. The van der Waals surface area contributed by atoms with Crippen molar-refractivity contribution >= 4 is 23.1 Å². The van der Waals surface area contributed by atoms with Crippen molar-refractivity contribution in [1.82, 2.24) is 24.4 Å². The maximum Gasteiger partial charge on any atom is 0.410 e. The number of imidazole rings is 1. The number of hydrogen-bond donors (Lipinski definition) is 1. The minimum absolute atomic E-state index is 0.238. The number of carbonyl (C=O) groups excluding carboxylic acids is 1. The van der Waals surface area contributed by atoms with Gasteiger partial charge in [0.1, 0.15) is 16.9 Å². The average molecular weight is 360 g/mol. The zero-order valence-electron chi connectivity index (χ0n) is 16.2. The van der Waals surface area contributed by atoms with E-state index in [0.717, 1.165) is 42.2 Å². The maximum absolute atomic E-state index is 12.2. The zero-order valence-corrected chi connectivity index (χ0v) is 16.2. The highest BCUT2D eigenvalue weighted by molar-refractivity contribution is 5.83. The number of aryl methyl sites for hydroxylation is 2. The first-order valence-electron chi connectivity index (χ1n) is 9.20. The molecule has 8 nitrogen and oxygen atoms in total. The number of aromatic nitrogens is 4. The Labute approximate surface area is 154 Å². The highest BCUT2D eigenvalue weighted by atomic mass is 16.6. The van der Waals surface area contributed by atoms with E-state index in [1.165, 1.54) is 0 Å². The molecule has 26 heavy (non-hydrogen) atoms. The Kier molecular flexibility index (Phi) is 5.02. The number of nitrogens with one attached hydrogen (secondary N) is 1. The Morgan fingerprint density at radius 1 is 1.31 bits per heavy atom. The van der Waals surface area contributed by atoms with Crippen LogP contribution in [0.3, 0.4) is 0 Å². The van der Waals surface area contributed by atoms with Gasteiger partial charge in [-0.25, -0.2) is 19.7 Å². The fourth-order valence-corrected chi connectivity index (χ4v) is 3.11. The predicted octanol–water partition coefficient (Wildman–Crippen LogP) is 2.97. The maximum atomic E-state index is 12.2. The minimum atomic E-state index is -0.464. The molecule has 2 aromatic heterocycles. The number of rotatable bonds is 3. The van der Waals surface area contributed by atoms with Gasteiger partial charge in [0.25, 0.3) is 0 Å². The molecular weight excluding hydrogens is 332 g/mol. The van der Waals surface area contributed by atoms with Crippen LogP contribution in [-0.4, -0.2) is 55.2 Å². The summed E-state index contributed by atoms with van der Waals surface area (Å²) in [6, 6.07) is 0.248. The van der Waals surface area contributed by atoms with Crippen LogP contribution >= 0.6 is 0 Å². The van der Waals surface area contributed by atoms with E-state index in [1.54, 1.807) is 11.2 Å². The summed E-state index contributed by atoms with van der Waals surface area (Å²) in [7, 11) is 0. The quantitative estimate of drug-likeness (QED) is 0.906. The van der Waals surface area contributed by atoms with Gasteiger partial charge in [0.05, 0.1) is 6.33 Å². The average Bonchev–Trinajstić information content (AvgIpc) is 2.97. The van der Waals surface area contributed by atoms with Gasteiger partial charge >= 0.3 is 6.09 Å². The first-order valence-corrected chi connectivity index (χ1v) is 9.20. The Morgan fingerprint density at radius 2 is 2.00 bits per heavy atom. The molecule has 0 aliphatic carbocycles. The van der Waals surface area contributed by atoms with Crippen molar-refractivity contribution in [2.45, 2.75) is 65.6 Å². The van der Waals surface area contributed by atoms with Gasteiger partial charge in [-0.15, -0.1) is 0 Å². The predicted molar refractivity (Wildman–Crippen MR) is 100 cm³/mol. The summed E-state index contributed by atoms with van der Waals surface area (Å²) < 4.78 is 7.47. The number of fused-ring (bicyclic) bond motifs is 1. The van der Waals surface area contributed by atoms with E-state index >= 15 is 0 Å². The van der Waals surface area contributed by atoms with Crippen molar-refractivity contribution in [3.63, 3.8) is 0 Å². The van der Waals surface area contributed by atoms with Gasteiger partial charge in [0, 0.05) is 25.7 Å². The van der Waals surface area contributed by atoms with Crippen LogP contribution < -0.4 is 5.32 Å². The van der Waals surface area contributed by atoms with Crippen LogP contribution in [0.25, 0.3) is 11.2 Å². The molecule has 0 aromatic carbocycles. The molecule has 0 radical (unpaired) electrons. The van der Waals surface area contributed by atoms with E-state index in [0.29, 0.717) is 13.1 Å². The van der Waals surface area contributed by atoms with Crippen molar-refractivity contribution in [3.8, 4) is 0 Å². The minimum Gasteiger partial charge on any atom is -0.444 e. The van der Waals surface area contributed by atoms with Crippen LogP contribution in [-0.2, 0) is 11.3 Å². The zero-order chi connectivity index (χ0) is 18.9. The Morgan fingerprint density at radius 3 is 2.62 bits per heavy atom. The fraction of sp³-hybridized carbons (Fsp3) is 0.667. The molecule has 0 bridgehead atoms. The van der Waals surface area contributed by atoms with Crippen molar-refractivity contribution in [2.75, 3.05) is 18.4 Å². The van der Waals surface area contributed by atoms with Crippen LogP contribution in [0.5, 0.6) is 0 Å². The first-order chi connectivity index (χ1) is 12.3. The monoisotopic (exact) mass is 360 g/mol. The van der Waals surface area contributed by atoms with Gasteiger partial charge in [0.2, 0.25) is 0 Å². The first kappa shape index (κ1) is 18.4. The number of piperidine rings is 1. The molecule has 1 aliphatic heterocycles. The van der Waals surface area contributed by atoms with Crippen LogP contribution in [0, 0.1) is 6.92 Å². The standard InChI is InChI=1S/C18H28N6O2/c1-6-23-11-19-14-15(20-12(2)21-16(14)23)22-13-7-9-24(10-8-13)17(25)26-18(3,4)5/h11,13H,6-10H2,1-5H3,(H,20,21,22). The van der Waals surface area contributed by atoms with E-state index in [9.17, 15) is 4.79 Å². The summed E-state index contributed by atoms with van der Waals surface area (Å²) in [5.74, 6) is 1.50. The van der Waals surface area contributed by atoms with Crippen LogP contribution in [0.15, 0.2) is 6.33 Å². The molecule has 1 fully saturated rings. The summed E-state index contributed by atoms with van der Waals surface area (Å²) in [5.41, 5.74) is 1.19. The van der Waals surface area contributed by atoms with Gasteiger partial charge in [-0.1, -0.05) is 0 Å². The summed E-state index contributed by atoms with van der Waals surface area (Å²) in [5, 5.41) is 3.50.